The number of halogens is 1. The SMILES string of the molecule is CCCN(C)C(=O)Oc1cc2c(cc1Cl)CCC2NC(=O)OC(C)(C)C. The van der Waals surface area contributed by atoms with Gasteiger partial charge in [0.25, 0.3) is 0 Å². The zero-order valence-electron chi connectivity index (χ0n) is 16.0. The van der Waals surface area contributed by atoms with Crippen LogP contribution in [0.4, 0.5) is 9.59 Å². The van der Waals surface area contributed by atoms with Crippen LogP contribution in [0, 0.1) is 0 Å². The molecule has 0 saturated carbocycles. The first-order valence-corrected chi connectivity index (χ1v) is 9.23. The normalized spacial score (nSPS) is 16.0. The summed E-state index contributed by atoms with van der Waals surface area (Å²) in [6, 6.07) is 3.35. The molecule has 1 aliphatic rings. The standard InChI is InChI=1S/C19H27ClN2O4/c1-6-9-22(5)18(24)25-16-11-13-12(10-14(16)20)7-8-15(13)21-17(23)26-19(2,3)4/h10-11,15H,6-9H2,1-5H3,(H,21,23). The van der Waals surface area contributed by atoms with Crippen molar-refractivity contribution in [1.29, 1.82) is 0 Å². The second-order valence-electron chi connectivity index (χ2n) is 7.51. The quantitative estimate of drug-likeness (QED) is 0.820. The highest BCUT2D eigenvalue weighted by atomic mass is 35.5. The number of ether oxygens (including phenoxy) is 2. The first kappa shape index (κ1) is 20.4. The van der Waals surface area contributed by atoms with Gasteiger partial charge in [0, 0.05) is 13.6 Å². The van der Waals surface area contributed by atoms with Crippen molar-refractivity contribution in [2.24, 2.45) is 0 Å². The molecule has 0 bridgehead atoms. The second kappa shape index (κ2) is 8.16. The lowest BCUT2D eigenvalue weighted by Crippen LogP contribution is -2.34. The van der Waals surface area contributed by atoms with Crippen LogP contribution in [0.5, 0.6) is 5.75 Å². The molecule has 26 heavy (non-hydrogen) atoms. The Balaban J connectivity index is 2.14. The Morgan fingerprint density at radius 1 is 1.35 bits per heavy atom. The molecular formula is C19H27ClN2O4. The fourth-order valence-corrected chi connectivity index (χ4v) is 3.11. The molecule has 1 unspecified atom stereocenters. The van der Waals surface area contributed by atoms with E-state index in [1.54, 1.807) is 19.2 Å². The first-order chi connectivity index (χ1) is 12.1. The van der Waals surface area contributed by atoms with Crippen LogP contribution < -0.4 is 10.1 Å². The number of alkyl carbamates (subject to hydrolysis) is 1. The van der Waals surface area contributed by atoms with Crippen molar-refractivity contribution in [1.82, 2.24) is 10.2 Å². The first-order valence-electron chi connectivity index (χ1n) is 8.85. The fourth-order valence-electron chi connectivity index (χ4n) is 2.88. The lowest BCUT2D eigenvalue weighted by molar-refractivity contribution is 0.0503. The number of carbonyl (C=O) groups excluding carboxylic acids is 2. The number of hydrogen-bond donors (Lipinski definition) is 1. The van der Waals surface area contributed by atoms with Crippen molar-refractivity contribution < 1.29 is 19.1 Å². The molecule has 0 aliphatic heterocycles. The van der Waals surface area contributed by atoms with Gasteiger partial charge in [0.05, 0.1) is 11.1 Å². The lowest BCUT2D eigenvalue weighted by Gasteiger charge is -2.22. The Labute approximate surface area is 159 Å². The minimum atomic E-state index is -0.559. The molecule has 0 aromatic heterocycles. The maximum Gasteiger partial charge on any atom is 0.415 e. The van der Waals surface area contributed by atoms with Gasteiger partial charge in [0.1, 0.15) is 5.60 Å². The van der Waals surface area contributed by atoms with E-state index in [0.717, 1.165) is 30.4 Å². The van der Waals surface area contributed by atoms with Crippen molar-refractivity contribution in [3.05, 3.63) is 28.3 Å². The van der Waals surface area contributed by atoms with Gasteiger partial charge in [-0.15, -0.1) is 0 Å². The maximum absolute atomic E-state index is 12.1. The molecule has 1 aliphatic carbocycles. The predicted octanol–water partition coefficient (Wildman–Crippen LogP) is 4.69. The number of nitrogens with zero attached hydrogens (tertiary/aromatic N) is 1. The highest BCUT2D eigenvalue weighted by molar-refractivity contribution is 6.32. The summed E-state index contributed by atoms with van der Waals surface area (Å²) in [7, 11) is 1.68. The third-order valence-corrected chi connectivity index (χ3v) is 4.33. The van der Waals surface area contributed by atoms with E-state index in [9.17, 15) is 9.59 Å². The Morgan fingerprint density at radius 2 is 2.04 bits per heavy atom. The Bertz CT molecular complexity index is 685. The molecule has 0 fully saturated rings. The average molecular weight is 383 g/mol. The van der Waals surface area contributed by atoms with Crippen molar-refractivity contribution in [3.8, 4) is 5.75 Å². The molecule has 144 valence electrons. The molecule has 1 aromatic rings. The van der Waals surface area contributed by atoms with Crippen LogP contribution in [-0.4, -0.2) is 36.3 Å². The molecule has 1 atom stereocenters. The van der Waals surface area contributed by atoms with Crippen LogP contribution in [-0.2, 0) is 11.2 Å². The van der Waals surface area contributed by atoms with Gasteiger partial charge in [-0.25, -0.2) is 9.59 Å². The number of carbonyl (C=O) groups is 2. The molecule has 2 rings (SSSR count). The van der Waals surface area contributed by atoms with Gasteiger partial charge in [-0.2, -0.15) is 0 Å². The molecule has 0 saturated heterocycles. The number of rotatable bonds is 4. The lowest BCUT2D eigenvalue weighted by atomic mass is 10.1. The number of benzene rings is 1. The summed E-state index contributed by atoms with van der Waals surface area (Å²) >= 11 is 6.27. The van der Waals surface area contributed by atoms with E-state index in [2.05, 4.69) is 5.32 Å². The van der Waals surface area contributed by atoms with Crippen LogP contribution in [0.1, 0.15) is 57.7 Å². The van der Waals surface area contributed by atoms with E-state index in [-0.39, 0.29) is 6.04 Å². The van der Waals surface area contributed by atoms with Gasteiger partial charge in [-0.3, -0.25) is 0 Å². The number of hydrogen-bond acceptors (Lipinski definition) is 4. The van der Waals surface area contributed by atoms with E-state index >= 15 is 0 Å². The third-order valence-electron chi connectivity index (χ3n) is 4.03. The van der Waals surface area contributed by atoms with Gasteiger partial charge >= 0.3 is 12.2 Å². The predicted molar refractivity (Wildman–Crippen MR) is 101 cm³/mol. The van der Waals surface area contributed by atoms with Crippen LogP contribution in [0.3, 0.4) is 0 Å². The molecule has 7 heteroatoms. The van der Waals surface area contributed by atoms with Gasteiger partial charge in [-0.1, -0.05) is 18.5 Å². The summed E-state index contributed by atoms with van der Waals surface area (Å²) in [5, 5.41) is 3.27. The molecule has 1 N–H and O–H groups in total. The zero-order valence-corrected chi connectivity index (χ0v) is 16.8. The van der Waals surface area contributed by atoms with E-state index in [4.69, 9.17) is 21.1 Å². The highest BCUT2D eigenvalue weighted by Gasteiger charge is 2.28. The maximum atomic E-state index is 12.1. The van der Waals surface area contributed by atoms with Crippen molar-refractivity contribution in [2.75, 3.05) is 13.6 Å². The molecule has 2 amide bonds. The molecule has 6 nitrogen and oxygen atoms in total. The Hall–Kier alpha value is -1.95. The van der Waals surface area contributed by atoms with Crippen LogP contribution in [0.25, 0.3) is 0 Å². The van der Waals surface area contributed by atoms with Gasteiger partial charge < -0.3 is 19.7 Å². The van der Waals surface area contributed by atoms with Gasteiger partial charge in [-0.05, 0) is 63.3 Å². The van der Waals surface area contributed by atoms with E-state index in [0.29, 0.717) is 17.3 Å². The summed E-state index contributed by atoms with van der Waals surface area (Å²) in [5.41, 5.74) is 1.38. The Kier molecular flexibility index (Phi) is 6.39. The molecule has 1 aromatic carbocycles. The van der Waals surface area contributed by atoms with Crippen molar-refractivity contribution >= 4 is 23.8 Å². The fraction of sp³-hybridized carbons (Fsp3) is 0.579. The molecule has 0 heterocycles. The summed E-state index contributed by atoms with van der Waals surface area (Å²) in [5.74, 6) is 0.302. The van der Waals surface area contributed by atoms with Crippen LogP contribution in [0.15, 0.2) is 12.1 Å². The molecule has 0 spiro atoms. The number of amides is 2. The van der Waals surface area contributed by atoms with Crippen molar-refractivity contribution in [3.63, 3.8) is 0 Å². The van der Waals surface area contributed by atoms with Crippen LogP contribution >= 0.6 is 11.6 Å². The Morgan fingerprint density at radius 3 is 2.65 bits per heavy atom. The summed E-state index contributed by atoms with van der Waals surface area (Å²) < 4.78 is 10.8. The molecule has 0 radical (unpaired) electrons. The minimum absolute atomic E-state index is 0.192. The summed E-state index contributed by atoms with van der Waals surface area (Å²) in [6.07, 6.45) is 1.46. The van der Waals surface area contributed by atoms with Gasteiger partial charge in [0.15, 0.2) is 5.75 Å². The number of aryl methyl sites for hydroxylation is 1. The summed E-state index contributed by atoms with van der Waals surface area (Å²) in [4.78, 5) is 25.7. The van der Waals surface area contributed by atoms with E-state index in [1.807, 2.05) is 27.7 Å². The second-order valence-corrected chi connectivity index (χ2v) is 7.92. The van der Waals surface area contributed by atoms with E-state index in [1.165, 1.54) is 4.90 Å². The third kappa shape index (κ3) is 5.27. The van der Waals surface area contributed by atoms with Gasteiger partial charge in [0.2, 0.25) is 0 Å². The van der Waals surface area contributed by atoms with E-state index < -0.39 is 17.8 Å². The highest BCUT2D eigenvalue weighted by Crippen LogP contribution is 2.38. The number of nitrogens with one attached hydrogen (secondary N) is 1. The summed E-state index contributed by atoms with van der Waals surface area (Å²) in [6.45, 7) is 8.04. The minimum Gasteiger partial charge on any atom is -0.444 e. The monoisotopic (exact) mass is 382 g/mol. The smallest absolute Gasteiger partial charge is 0.415 e. The average Bonchev–Trinajstić information content (AvgIpc) is 2.87. The topological polar surface area (TPSA) is 67.9 Å². The molecular weight excluding hydrogens is 356 g/mol. The van der Waals surface area contributed by atoms with Crippen LogP contribution in [0.2, 0.25) is 5.02 Å². The largest absolute Gasteiger partial charge is 0.444 e. The van der Waals surface area contributed by atoms with Crippen molar-refractivity contribution in [2.45, 2.75) is 58.6 Å². The number of fused-ring (bicyclic) bond motifs is 1. The zero-order chi connectivity index (χ0) is 19.5.